The molecule has 0 atom stereocenters. The van der Waals surface area contributed by atoms with Crippen LogP contribution in [0.15, 0.2) is 24.3 Å². The van der Waals surface area contributed by atoms with Crippen molar-refractivity contribution in [2.24, 2.45) is 0 Å². The van der Waals surface area contributed by atoms with Gasteiger partial charge < -0.3 is 4.74 Å². The van der Waals surface area contributed by atoms with Crippen LogP contribution in [0.4, 0.5) is 0 Å². The molecule has 0 fully saturated rings. The van der Waals surface area contributed by atoms with Gasteiger partial charge >= 0.3 is 5.97 Å². The summed E-state index contributed by atoms with van der Waals surface area (Å²) in [6.07, 6.45) is 3.05. The molecule has 0 aliphatic heterocycles. The molecule has 15 heavy (non-hydrogen) atoms. The molecule has 1 aromatic rings. The molecular weight excluding hydrogens is 190 g/mol. The van der Waals surface area contributed by atoms with E-state index in [1.165, 1.54) is 13.2 Å². The van der Waals surface area contributed by atoms with Crippen LogP contribution >= 0.6 is 0 Å². The predicted molar refractivity (Wildman–Crippen MR) is 57.2 cm³/mol. The van der Waals surface area contributed by atoms with Gasteiger partial charge in [0.1, 0.15) is 0 Å². The third-order valence-corrected chi connectivity index (χ3v) is 2.04. The summed E-state index contributed by atoms with van der Waals surface area (Å²) in [7, 11) is 1.34. The summed E-state index contributed by atoms with van der Waals surface area (Å²) in [5, 5.41) is 8.41. The number of carbonyl (C=O) groups excluding carboxylic acids is 1. The maximum absolute atomic E-state index is 11.2. The fourth-order valence-electron chi connectivity index (χ4n) is 1.19. The molecule has 0 radical (unpaired) electrons. The summed E-state index contributed by atoms with van der Waals surface area (Å²) < 4.78 is 4.61. The Kier molecular flexibility index (Phi) is 3.64. The second-order valence-corrected chi connectivity index (χ2v) is 3.03. The molecule has 3 heteroatoms. The first-order chi connectivity index (χ1) is 7.19. The molecule has 0 saturated heterocycles. The summed E-state index contributed by atoms with van der Waals surface area (Å²) in [4.78, 5) is 11.2. The molecule has 1 rings (SSSR count). The number of hydrogen-bond acceptors (Lipinski definition) is 3. The Bertz CT molecular complexity index is 441. The maximum Gasteiger partial charge on any atom is 0.337 e. The van der Waals surface area contributed by atoms with Gasteiger partial charge in [-0.3, -0.25) is 0 Å². The van der Waals surface area contributed by atoms with Crippen LogP contribution in [0.1, 0.15) is 21.5 Å². The highest BCUT2D eigenvalue weighted by Gasteiger charge is 2.06. The number of benzene rings is 1. The van der Waals surface area contributed by atoms with Gasteiger partial charge in [0.2, 0.25) is 0 Å². The quantitative estimate of drug-likeness (QED) is 0.545. The summed E-state index contributed by atoms with van der Waals surface area (Å²) in [6, 6.07) is 7.13. The Morgan fingerprint density at radius 1 is 1.53 bits per heavy atom. The van der Waals surface area contributed by atoms with E-state index >= 15 is 0 Å². The molecule has 0 aliphatic rings. The summed E-state index contributed by atoms with van der Waals surface area (Å²) in [5.74, 6) is -0.374. The summed E-state index contributed by atoms with van der Waals surface area (Å²) in [5.41, 5.74) is 2.34. The number of allylic oxidation sites excluding steroid dienone is 1. The Labute approximate surface area is 88.6 Å². The van der Waals surface area contributed by atoms with Crippen molar-refractivity contribution in [3.05, 3.63) is 41.0 Å². The van der Waals surface area contributed by atoms with Crippen LogP contribution in [0.5, 0.6) is 0 Å². The van der Waals surface area contributed by atoms with Crippen molar-refractivity contribution in [3.8, 4) is 6.07 Å². The van der Waals surface area contributed by atoms with Gasteiger partial charge in [0.05, 0.1) is 18.7 Å². The molecule has 0 N–H and O–H groups in total. The highest BCUT2D eigenvalue weighted by Crippen LogP contribution is 2.13. The van der Waals surface area contributed by atoms with Crippen LogP contribution < -0.4 is 0 Å². The lowest BCUT2D eigenvalue weighted by Gasteiger charge is -2.03. The number of methoxy groups -OCH3 is 1. The van der Waals surface area contributed by atoms with Crippen molar-refractivity contribution in [3.63, 3.8) is 0 Å². The monoisotopic (exact) mass is 201 g/mol. The van der Waals surface area contributed by atoms with Crippen LogP contribution in [0, 0.1) is 18.3 Å². The molecule has 0 aliphatic carbocycles. The topological polar surface area (TPSA) is 50.1 Å². The molecule has 76 valence electrons. The van der Waals surface area contributed by atoms with Gasteiger partial charge in [-0.05, 0) is 36.3 Å². The standard InChI is InChI=1S/C12H11NO2/c1-9-5-6-11(12(14)15-2)8-10(9)4-3-7-13/h3-6,8H,1-2H3. The fraction of sp³-hybridized carbons (Fsp3) is 0.167. The van der Waals surface area contributed by atoms with Crippen molar-refractivity contribution >= 4 is 12.0 Å². The molecule has 0 bridgehead atoms. The molecular formula is C12H11NO2. The first kappa shape index (κ1) is 11.0. The zero-order chi connectivity index (χ0) is 11.3. The van der Waals surface area contributed by atoms with E-state index in [0.29, 0.717) is 5.56 Å². The van der Waals surface area contributed by atoms with E-state index < -0.39 is 0 Å². The normalized spacial score (nSPS) is 9.93. The number of nitrogens with zero attached hydrogens (tertiary/aromatic N) is 1. The van der Waals surface area contributed by atoms with Crippen molar-refractivity contribution in [1.29, 1.82) is 5.26 Å². The third kappa shape index (κ3) is 2.68. The molecule has 0 saturated carbocycles. The third-order valence-electron chi connectivity index (χ3n) is 2.04. The average molecular weight is 201 g/mol. The number of aryl methyl sites for hydroxylation is 1. The second-order valence-electron chi connectivity index (χ2n) is 3.03. The van der Waals surface area contributed by atoms with Crippen LogP contribution in [-0.4, -0.2) is 13.1 Å². The molecule has 1 aromatic carbocycles. The van der Waals surface area contributed by atoms with Gasteiger partial charge in [-0.15, -0.1) is 0 Å². The predicted octanol–water partition coefficient (Wildman–Crippen LogP) is 2.32. The number of nitriles is 1. The molecule has 0 spiro atoms. The maximum atomic E-state index is 11.2. The van der Waals surface area contributed by atoms with Crippen molar-refractivity contribution in [2.75, 3.05) is 7.11 Å². The van der Waals surface area contributed by atoms with Crippen LogP contribution in [-0.2, 0) is 4.74 Å². The first-order valence-electron chi connectivity index (χ1n) is 4.44. The first-order valence-corrected chi connectivity index (χ1v) is 4.44. The van der Waals surface area contributed by atoms with Crippen LogP contribution in [0.3, 0.4) is 0 Å². The number of carbonyl (C=O) groups is 1. The van der Waals surface area contributed by atoms with E-state index in [1.807, 2.05) is 19.1 Å². The van der Waals surface area contributed by atoms with Crippen molar-refractivity contribution < 1.29 is 9.53 Å². The summed E-state index contributed by atoms with van der Waals surface area (Å²) in [6.45, 7) is 1.91. The number of hydrogen-bond donors (Lipinski definition) is 0. The lowest BCUT2D eigenvalue weighted by Crippen LogP contribution is -2.01. The lowest BCUT2D eigenvalue weighted by atomic mass is 10.0. The minimum absolute atomic E-state index is 0.374. The highest BCUT2D eigenvalue weighted by molar-refractivity contribution is 5.90. The smallest absolute Gasteiger partial charge is 0.337 e. The van der Waals surface area contributed by atoms with Gasteiger partial charge in [0.15, 0.2) is 0 Å². The molecule has 0 aromatic heterocycles. The number of rotatable bonds is 2. The van der Waals surface area contributed by atoms with Gasteiger partial charge in [0, 0.05) is 6.08 Å². The molecule has 0 amide bonds. The van der Waals surface area contributed by atoms with Gasteiger partial charge in [-0.2, -0.15) is 5.26 Å². The van der Waals surface area contributed by atoms with E-state index in [4.69, 9.17) is 5.26 Å². The fourth-order valence-corrected chi connectivity index (χ4v) is 1.19. The van der Waals surface area contributed by atoms with Crippen molar-refractivity contribution in [2.45, 2.75) is 6.92 Å². The Morgan fingerprint density at radius 2 is 2.27 bits per heavy atom. The van der Waals surface area contributed by atoms with Gasteiger partial charge in [-0.25, -0.2) is 4.79 Å². The zero-order valence-corrected chi connectivity index (χ0v) is 8.65. The SMILES string of the molecule is COC(=O)c1ccc(C)c(C=CC#N)c1. The van der Waals surface area contributed by atoms with E-state index in [1.54, 1.807) is 18.2 Å². The molecule has 3 nitrogen and oxygen atoms in total. The Hall–Kier alpha value is -2.08. The van der Waals surface area contributed by atoms with E-state index in [9.17, 15) is 4.79 Å². The van der Waals surface area contributed by atoms with Crippen LogP contribution in [0.25, 0.3) is 6.08 Å². The Morgan fingerprint density at radius 3 is 2.87 bits per heavy atom. The molecule has 0 heterocycles. The lowest BCUT2D eigenvalue weighted by molar-refractivity contribution is 0.0600. The van der Waals surface area contributed by atoms with Crippen LogP contribution in [0.2, 0.25) is 0 Å². The second kappa shape index (κ2) is 4.97. The van der Waals surface area contributed by atoms with E-state index in [2.05, 4.69) is 4.74 Å². The minimum atomic E-state index is -0.374. The largest absolute Gasteiger partial charge is 0.465 e. The van der Waals surface area contributed by atoms with Gasteiger partial charge in [0.25, 0.3) is 0 Å². The van der Waals surface area contributed by atoms with E-state index in [0.717, 1.165) is 11.1 Å². The number of ether oxygens (including phenoxy) is 1. The molecule has 0 unspecified atom stereocenters. The summed E-state index contributed by atoms with van der Waals surface area (Å²) >= 11 is 0. The number of esters is 1. The zero-order valence-electron chi connectivity index (χ0n) is 8.65. The van der Waals surface area contributed by atoms with Crippen molar-refractivity contribution in [1.82, 2.24) is 0 Å². The van der Waals surface area contributed by atoms with Gasteiger partial charge in [-0.1, -0.05) is 6.07 Å². The minimum Gasteiger partial charge on any atom is -0.465 e. The van der Waals surface area contributed by atoms with E-state index in [-0.39, 0.29) is 5.97 Å². The highest BCUT2D eigenvalue weighted by atomic mass is 16.5. The average Bonchev–Trinajstić information content (AvgIpc) is 2.27. The Balaban J connectivity index is 3.12.